The van der Waals surface area contributed by atoms with E-state index < -0.39 is 42.2 Å². The largest absolute Gasteiger partial charge is 0.474 e. The number of rotatable bonds is 4. The molecule has 7 atom stereocenters. The van der Waals surface area contributed by atoms with Crippen molar-refractivity contribution in [2.24, 2.45) is 10.9 Å². The molecular formula is C33H39N7O5S2. The Bertz CT molecular complexity index is 1670. The smallest absolute Gasteiger partial charge is 0.271 e. The molecule has 4 amide bonds. The number of nitrogens with one attached hydrogen (secondary N) is 3. The highest BCUT2D eigenvalue weighted by Crippen LogP contribution is 2.30. The van der Waals surface area contributed by atoms with Crippen molar-refractivity contribution in [2.75, 3.05) is 6.54 Å². The summed E-state index contributed by atoms with van der Waals surface area (Å²) in [4.78, 5) is 70.3. The number of fused-ring (bicyclic) bond motifs is 7. The summed E-state index contributed by atoms with van der Waals surface area (Å²) in [6.07, 6.45) is 1.87. The molecule has 1 fully saturated rings. The number of carbonyl (C=O) groups excluding carboxylic acids is 4. The first kappa shape index (κ1) is 32.8. The molecule has 14 heteroatoms. The number of hydrogen-bond donors (Lipinski definition) is 3. The van der Waals surface area contributed by atoms with Gasteiger partial charge in [0.15, 0.2) is 6.04 Å². The van der Waals surface area contributed by atoms with E-state index in [0.717, 1.165) is 18.4 Å². The minimum atomic E-state index is -0.879. The Morgan fingerprint density at radius 2 is 1.64 bits per heavy atom. The summed E-state index contributed by atoms with van der Waals surface area (Å²) >= 11 is 2.57. The molecule has 6 bridgehead atoms. The molecule has 0 unspecified atom stereocenters. The SMILES string of the molecule is CC[C@H](C)[C@H]1NC(=O)[C@H]2N=C(O[C@@H]2C)[C@@H]2CCCN2C(=O)[C@@H](Cc2ccccc2)NC(=O)c2csc(n2)[C@@H](C)NC(=O)c2csc1n2. The molecule has 47 heavy (non-hydrogen) atoms. The minimum absolute atomic E-state index is 0.0332. The van der Waals surface area contributed by atoms with E-state index in [9.17, 15) is 19.2 Å². The van der Waals surface area contributed by atoms with Gasteiger partial charge in [-0.2, -0.15) is 0 Å². The normalized spacial score (nSPS) is 27.5. The lowest BCUT2D eigenvalue weighted by atomic mass is 9.99. The van der Waals surface area contributed by atoms with Gasteiger partial charge in [-0.25, -0.2) is 15.0 Å². The Kier molecular flexibility index (Phi) is 9.69. The summed E-state index contributed by atoms with van der Waals surface area (Å²) < 4.78 is 6.17. The summed E-state index contributed by atoms with van der Waals surface area (Å²) in [5, 5.41) is 13.5. The van der Waals surface area contributed by atoms with Crippen LogP contribution in [-0.4, -0.2) is 75.2 Å². The Labute approximate surface area is 281 Å². The highest BCUT2D eigenvalue weighted by atomic mass is 32.1. The number of hydrogen-bond acceptors (Lipinski definition) is 10. The molecule has 6 rings (SSSR count). The van der Waals surface area contributed by atoms with Crippen LogP contribution in [0.5, 0.6) is 0 Å². The predicted octanol–water partition coefficient (Wildman–Crippen LogP) is 3.83. The molecule has 0 spiro atoms. The van der Waals surface area contributed by atoms with Gasteiger partial charge in [0, 0.05) is 23.7 Å². The quantitative estimate of drug-likeness (QED) is 0.379. The van der Waals surface area contributed by atoms with E-state index in [2.05, 4.69) is 25.9 Å². The fraction of sp³-hybridized carbons (Fsp3) is 0.485. The Balaban J connectivity index is 1.37. The first-order valence-corrected chi connectivity index (χ1v) is 17.8. The number of aliphatic imine (C=N–C) groups is 1. The molecule has 3 aliphatic heterocycles. The van der Waals surface area contributed by atoms with Gasteiger partial charge in [0.05, 0.1) is 12.1 Å². The molecule has 0 radical (unpaired) electrons. The van der Waals surface area contributed by atoms with E-state index in [0.29, 0.717) is 28.9 Å². The third-order valence-electron chi connectivity index (χ3n) is 9.00. The fourth-order valence-electron chi connectivity index (χ4n) is 6.11. The number of carbonyl (C=O) groups is 4. The number of thiazole rings is 2. The van der Waals surface area contributed by atoms with Gasteiger partial charge in [0.1, 0.15) is 39.6 Å². The van der Waals surface area contributed by atoms with E-state index in [1.165, 1.54) is 22.7 Å². The van der Waals surface area contributed by atoms with Crippen molar-refractivity contribution in [1.82, 2.24) is 30.8 Å². The number of amides is 4. The van der Waals surface area contributed by atoms with Gasteiger partial charge >= 0.3 is 0 Å². The van der Waals surface area contributed by atoms with Crippen LogP contribution in [0.4, 0.5) is 0 Å². The summed E-state index contributed by atoms with van der Waals surface area (Å²) in [6, 6.07) is 6.43. The molecule has 1 aromatic carbocycles. The van der Waals surface area contributed by atoms with Gasteiger partial charge in [-0.1, -0.05) is 50.6 Å². The van der Waals surface area contributed by atoms with Crippen LogP contribution in [0.15, 0.2) is 46.1 Å². The van der Waals surface area contributed by atoms with Crippen molar-refractivity contribution >= 4 is 52.2 Å². The zero-order valence-electron chi connectivity index (χ0n) is 26.8. The topological polar surface area (TPSA) is 155 Å². The number of benzene rings is 1. The lowest BCUT2D eigenvalue weighted by molar-refractivity contribution is -0.133. The predicted molar refractivity (Wildman–Crippen MR) is 178 cm³/mol. The van der Waals surface area contributed by atoms with E-state index in [1.54, 1.807) is 29.5 Å². The zero-order valence-corrected chi connectivity index (χ0v) is 28.4. The van der Waals surface area contributed by atoms with Gasteiger partial charge in [0.25, 0.3) is 11.8 Å². The fourth-order valence-corrected chi connectivity index (χ4v) is 7.90. The highest BCUT2D eigenvalue weighted by molar-refractivity contribution is 7.10. The second-order valence-electron chi connectivity index (χ2n) is 12.3. The van der Waals surface area contributed by atoms with Gasteiger partial charge in [-0.15, -0.1) is 22.7 Å². The molecule has 3 aliphatic rings. The van der Waals surface area contributed by atoms with E-state index in [4.69, 9.17) is 9.73 Å². The van der Waals surface area contributed by atoms with Gasteiger partial charge in [-0.05, 0) is 38.2 Å². The average Bonchev–Trinajstić information content (AvgIpc) is 3.89. The Hall–Kier alpha value is -4.17. The van der Waals surface area contributed by atoms with Crippen LogP contribution in [0.25, 0.3) is 0 Å². The standard InChI is InChI=1S/C33H39N7O5S2/c1-5-17(2)25-32-37-22(16-47-32)27(41)34-18(3)31-36-23(15-46-31)28(42)35-21(14-20-10-7-6-8-11-20)33(44)40-13-9-12-24(40)30-39-26(19(4)45-30)29(43)38-25/h6-8,10-11,15-19,21,24-26H,5,9,12-14H2,1-4H3,(H,34,41)(H,35,42)(H,38,43)/t17-,18+,19+,21+,24-,25+,26-/m0/s1. The van der Waals surface area contributed by atoms with Crippen LogP contribution in [0.2, 0.25) is 0 Å². The van der Waals surface area contributed by atoms with E-state index in [1.807, 2.05) is 44.2 Å². The number of aromatic nitrogens is 2. The van der Waals surface area contributed by atoms with Crippen molar-refractivity contribution in [3.8, 4) is 0 Å². The second-order valence-corrected chi connectivity index (χ2v) is 14.1. The highest BCUT2D eigenvalue weighted by Gasteiger charge is 2.43. The maximum atomic E-state index is 14.2. The van der Waals surface area contributed by atoms with Crippen LogP contribution < -0.4 is 16.0 Å². The second kappa shape index (κ2) is 13.9. The Morgan fingerprint density at radius 3 is 2.36 bits per heavy atom. The summed E-state index contributed by atoms with van der Waals surface area (Å²) in [6.45, 7) is 8.13. The number of nitrogens with zero attached hydrogens (tertiary/aromatic N) is 4. The molecule has 3 N–H and O–H groups in total. The molecule has 0 saturated carbocycles. The van der Waals surface area contributed by atoms with Gasteiger partial charge in [-0.3, -0.25) is 19.2 Å². The maximum Gasteiger partial charge on any atom is 0.271 e. The summed E-state index contributed by atoms with van der Waals surface area (Å²) in [7, 11) is 0. The summed E-state index contributed by atoms with van der Waals surface area (Å²) in [5.74, 6) is -1.04. The third-order valence-corrected chi connectivity index (χ3v) is 11.0. The van der Waals surface area contributed by atoms with Crippen molar-refractivity contribution in [3.63, 3.8) is 0 Å². The lowest BCUT2D eigenvalue weighted by Crippen LogP contribution is -2.52. The zero-order chi connectivity index (χ0) is 33.2. The first-order valence-electron chi connectivity index (χ1n) is 16.0. The molecule has 5 heterocycles. The monoisotopic (exact) mass is 677 g/mol. The van der Waals surface area contributed by atoms with E-state index >= 15 is 0 Å². The van der Waals surface area contributed by atoms with Crippen LogP contribution in [0.3, 0.4) is 0 Å². The summed E-state index contributed by atoms with van der Waals surface area (Å²) in [5.41, 5.74) is 1.29. The molecule has 3 aromatic rings. The minimum Gasteiger partial charge on any atom is -0.474 e. The average molecular weight is 678 g/mol. The molecule has 12 nitrogen and oxygen atoms in total. The van der Waals surface area contributed by atoms with Crippen LogP contribution in [0, 0.1) is 5.92 Å². The Morgan fingerprint density at radius 1 is 0.957 bits per heavy atom. The van der Waals surface area contributed by atoms with E-state index in [-0.39, 0.29) is 41.4 Å². The van der Waals surface area contributed by atoms with Crippen molar-refractivity contribution in [2.45, 2.75) is 89.7 Å². The molecule has 2 aromatic heterocycles. The number of ether oxygens (including phenoxy) is 1. The van der Waals surface area contributed by atoms with Crippen molar-refractivity contribution < 1.29 is 23.9 Å². The third kappa shape index (κ3) is 6.93. The van der Waals surface area contributed by atoms with Crippen molar-refractivity contribution in [1.29, 1.82) is 0 Å². The lowest BCUT2D eigenvalue weighted by Gasteiger charge is -2.29. The van der Waals surface area contributed by atoms with Crippen LogP contribution in [-0.2, 0) is 20.7 Å². The molecule has 248 valence electrons. The van der Waals surface area contributed by atoms with Gasteiger partial charge in [0.2, 0.25) is 17.7 Å². The first-order chi connectivity index (χ1) is 22.6. The molecule has 1 saturated heterocycles. The van der Waals surface area contributed by atoms with Gasteiger partial charge < -0.3 is 25.6 Å². The van der Waals surface area contributed by atoms with Crippen molar-refractivity contribution in [3.05, 3.63) is 68.1 Å². The van der Waals surface area contributed by atoms with Crippen LogP contribution in [0.1, 0.15) is 95.6 Å². The molecule has 0 aliphatic carbocycles. The van der Waals surface area contributed by atoms with Crippen LogP contribution >= 0.6 is 22.7 Å². The molecular weight excluding hydrogens is 639 g/mol. The maximum absolute atomic E-state index is 14.2.